The molecule has 2 unspecified atom stereocenters. The summed E-state index contributed by atoms with van der Waals surface area (Å²) >= 11 is 5.96. The molecule has 8 nitrogen and oxygen atoms in total. The first-order valence-corrected chi connectivity index (χ1v) is 12.1. The zero-order valence-corrected chi connectivity index (χ0v) is 20.6. The van der Waals surface area contributed by atoms with Gasteiger partial charge in [0.2, 0.25) is 17.7 Å². The van der Waals surface area contributed by atoms with Crippen molar-refractivity contribution in [2.75, 3.05) is 6.54 Å². The van der Waals surface area contributed by atoms with E-state index in [-0.39, 0.29) is 18.2 Å². The van der Waals surface area contributed by atoms with Crippen LogP contribution in [0.15, 0.2) is 24.3 Å². The number of hydrogen-bond acceptors (Lipinski definition) is 5. The normalized spacial score (nSPS) is 21.5. The first kappa shape index (κ1) is 26.0. The predicted octanol–water partition coefficient (Wildman–Crippen LogP) is 2.39. The van der Waals surface area contributed by atoms with Crippen LogP contribution in [-0.4, -0.2) is 41.5 Å². The Morgan fingerprint density at radius 2 is 1.82 bits per heavy atom. The largest absolute Gasteiger partial charge is 0.384 e. The van der Waals surface area contributed by atoms with Crippen LogP contribution in [-0.2, 0) is 20.0 Å². The van der Waals surface area contributed by atoms with Crippen molar-refractivity contribution in [1.82, 2.24) is 16.0 Å². The fraction of sp³-hybridized carbons (Fsp3) is 0.600. The Bertz CT molecular complexity index is 966. The van der Waals surface area contributed by atoms with Gasteiger partial charge in [0, 0.05) is 17.5 Å². The fourth-order valence-corrected chi connectivity index (χ4v) is 4.31. The summed E-state index contributed by atoms with van der Waals surface area (Å²) in [5.74, 6) is -1.01. The number of halogens is 1. The van der Waals surface area contributed by atoms with Crippen LogP contribution < -0.4 is 16.0 Å². The summed E-state index contributed by atoms with van der Waals surface area (Å²) in [5, 5.41) is 29.6. The lowest BCUT2D eigenvalue weighted by molar-refractivity contribution is -0.148. The molecule has 9 heteroatoms. The van der Waals surface area contributed by atoms with E-state index in [1.807, 2.05) is 0 Å². The summed E-state index contributed by atoms with van der Waals surface area (Å²) in [6.07, 6.45) is 3.28. The quantitative estimate of drug-likeness (QED) is 0.401. The lowest BCUT2D eigenvalue weighted by Gasteiger charge is -2.40. The van der Waals surface area contributed by atoms with E-state index < -0.39 is 34.9 Å². The molecular formula is C25H33ClN4O4. The van der Waals surface area contributed by atoms with Gasteiger partial charge in [-0.15, -0.1) is 0 Å². The van der Waals surface area contributed by atoms with Crippen molar-refractivity contribution in [2.24, 2.45) is 17.3 Å². The topological polar surface area (TPSA) is 131 Å². The van der Waals surface area contributed by atoms with E-state index >= 15 is 0 Å². The number of amides is 3. The highest BCUT2D eigenvalue weighted by Crippen LogP contribution is 2.40. The van der Waals surface area contributed by atoms with E-state index in [1.165, 1.54) is 0 Å². The van der Waals surface area contributed by atoms with Gasteiger partial charge in [-0.25, -0.2) is 0 Å². The standard InChI is InChI=1S/C25H33ClN4O4/c1-24(2,25(3,34)17-6-8-18(26)9-7-17)23(33)30-20(12-15-4-5-15)22(32)29-19(14-27)13-16-10-11-28-21(16)31/h6-9,15-16,19-20,34H,4-5,10-13H2,1-3H3,(H,28,31)(H,29,32)(H,30,33)/t16?,19-,20-,25?/m0/s1. The maximum atomic E-state index is 13.4. The highest BCUT2D eigenvalue weighted by molar-refractivity contribution is 6.30. The van der Waals surface area contributed by atoms with Crippen LogP contribution >= 0.6 is 11.6 Å². The van der Waals surface area contributed by atoms with Gasteiger partial charge in [0.15, 0.2) is 0 Å². The number of carbonyl (C=O) groups excluding carboxylic acids is 3. The molecule has 0 radical (unpaired) electrons. The van der Waals surface area contributed by atoms with Crippen LogP contribution in [0.1, 0.15) is 58.4 Å². The molecule has 1 aliphatic carbocycles. The number of nitrogens with zero attached hydrogens (tertiary/aromatic N) is 1. The summed E-state index contributed by atoms with van der Waals surface area (Å²) in [6, 6.07) is 7.03. The van der Waals surface area contributed by atoms with Crippen molar-refractivity contribution in [2.45, 2.75) is 70.6 Å². The van der Waals surface area contributed by atoms with Crippen molar-refractivity contribution >= 4 is 29.3 Å². The Kier molecular flexibility index (Phi) is 7.89. The maximum absolute atomic E-state index is 13.4. The van der Waals surface area contributed by atoms with Crippen LogP contribution in [0.5, 0.6) is 0 Å². The van der Waals surface area contributed by atoms with Crippen molar-refractivity contribution in [3.63, 3.8) is 0 Å². The van der Waals surface area contributed by atoms with Crippen molar-refractivity contribution in [3.05, 3.63) is 34.9 Å². The molecule has 1 saturated carbocycles. The van der Waals surface area contributed by atoms with Crippen LogP contribution in [0.25, 0.3) is 0 Å². The summed E-state index contributed by atoms with van der Waals surface area (Å²) in [4.78, 5) is 38.3. The monoisotopic (exact) mass is 488 g/mol. The minimum absolute atomic E-state index is 0.108. The SMILES string of the molecule is CC(C)(C(=O)N[C@@H](CC1CC1)C(=O)N[C@H](C#N)CC1CCNC1=O)C(C)(O)c1ccc(Cl)cc1. The number of nitriles is 1. The molecule has 1 aliphatic heterocycles. The van der Waals surface area contributed by atoms with E-state index in [4.69, 9.17) is 11.6 Å². The molecule has 0 aromatic heterocycles. The Labute approximate surface area is 205 Å². The molecule has 4 atom stereocenters. The molecule has 1 saturated heterocycles. The fourth-order valence-electron chi connectivity index (χ4n) is 4.18. The molecule has 1 aromatic carbocycles. The van der Waals surface area contributed by atoms with Crippen LogP contribution in [0.4, 0.5) is 0 Å². The van der Waals surface area contributed by atoms with Gasteiger partial charge in [-0.2, -0.15) is 5.26 Å². The Hall–Kier alpha value is -2.63. The molecule has 1 aromatic rings. The average Bonchev–Trinajstić information content (AvgIpc) is 3.52. The molecule has 4 N–H and O–H groups in total. The summed E-state index contributed by atoms with van der Waals surface area (Å²) in [7, 11) is 0. The zero-order chi connectivity index (χ0) is 25.1. The van der Waals surface area contributed by atoms with Crippen molar-refractivity contribution in [3.8, 4) is 6.07 Å². The van der Waals surface area contributed by atoms with Gasteiger partial charge >= 0.3 is 0 Å². The molecule has 0 bridgehead atoms. The van der Waals surface area contributed by atoms with E-state index in [2.05, 4.69) is 22.0 Å². The lowest BCUT2D eigenvalue weighted by Crippen LogP contribution is -2.56. The Morgan fingerprint density at radius 3 is 2.35 bits per heavy atom. The van der Waals surface area contributed by atoms with Gasteiger partial charge in [-0.1, -0.05) is 36.6 Å². The predicted molar refractivity (Wildman–Crippen MR) is 127 cm³/mol. The smallest absolute Gasteiger partial charge is 0.243 e. The van der Waals surface area contributed by atoms with Crippen LogP contribution in [0.2, 0.25) is 5.02 Å². The average molecular weight is 489 g/mol. The van der Waals surface area contributed by atoms with Crippen LogP contribution in [0.3, 0.4) is 0 Å². The lowest BCUT2D eigenvalue weighted by atomic mass is 9.71. The Balaban J connectivity index is 1.71. The van der Waals surface area contributed by atoms with Gasteiger partial charge in [0.1, 0.15) is 17.7 Å². The first-order chi connectivity index (χ1) is 16.0. The molecule has 184 valence electrons. The maximum Gasteiger partial charge on any atom is 0.243 e. The van der Waals surface area contributed by atoms with E-state index in [9.17, 15) is 24.8 Å². The van der Waals surface area contributed by atoms with E-state index in [1.54, 1.807) is 45.0 Å². The minimum atomic E-state index is -1.53. The van der Waals surface area contributed by atoms with Gasteiger partial charge in [0.25, 0.3) is 0 Å². The summed E-state index contributed by atoms with van der Waals surface area (Å²) < 4.78 is 0. The summed E-state index contributed by atoms with van der Waals surface area (Å²) in [6.45, 7) is 5.38. The molecule has 2 fully saturated rings. The third-order valence-electron chi connectivity index (χ3n) is 7.23. The molecule has 3 rings (SSSR count). The highest BCUT2D eigenvalue weighted by atomic mass is 35.5. The number of carbonyl (C=O) groups is 3. The molecule has 3 amide bonds. The van der Waals surface area contributed by atoms with Crippen LogP contribution in [0, 0.1) is 28.6 Å². The second-order valence-electron chi connectivity index (χ2n) is 10.1. The highest BCUT2D eigenvalue weighted by Gasteiger charge is 2.47. The Morgan fingerprint density at radius 1 is 1.18 bits per heavy atom. The number of rotatable bonds is 10. The van der Waals surface area contributed by atoms with Crippen molar-refractivity contribution in [1.29, 1.82) is 5.26 Å². The second kappa shape index (κ2) is 10.3. The van der Waals surface area contributed by atoms with E-state index in [0.717, 1.165) is 12.8 Å². The molecule has 1 heterocycles. The third kappa shape index (κ3) is 5.89. The van der Waals surface area contributed by atoms with Gasteiger partial charge in [-0.05, 0) is 63.6 Å². The number of hydrogen-bond donors (Lipinski definition) is 4. The second-order valence-corrected chi connectivity index (χ2v) is 10.5. The minimum Gasteiger partial charge on any atom is -0.384 e. The molecule has 0 spiro atoms. The number of nitrogens with one attached hydrogen (secondary N) is 3. The first-order valence-electron chi connectivity index (χ1n) is 11.7. The van der Waals surface area contributed by atoms with E-state index in [0.29, 0.717) is 35.9 Å². The van der Waals surface area contributed by atoms with Gasteiger partial charge in [-0.3, -0.25) is 14.4 Å². The molecule has 2 aliphatic rings. The number of benzene rings is 1. The summed E-state index contributed by atoms with van der Waals surface area (Å²) in [5.41, 5.74) is -2.29. The third-order valence-corrected chi connectivity index (χ3v) is 7.49. The zero-order valence-electron chi connectivity index (χ0n) is 19.9. The van der Waals surface area contributed by atoms with Gasteiger partial charge < -0.3 is 21.1 Å². The number of aliphatic hydroxyl groups is 1. The van der Waals surface area contributed by atoms with Gasteiger partial charge in [0.05, 0.1) is 11.5 Å². The molecular weight excluding hydrogens is 456 g/mol. The molecule has 34 heavy (non-hydrogen) atoms. The van der Waals surface area contributed by atoms with Crippen molar-refractivity contribution < 1.29 is 19.5 Å².